The molecule has 1 fully saturated rings. The molecule has 3 aromatic rings. The number of esters is 1. The van der Waals surface area contributed by atoms with Gasteiger partial charge in [0.05, 0.1) is 22.2 Å². The average Bonchev–Trinajstić information content (AvgIpc) is 3.19. The van der Waals surface area contributed by atoms with E-state index in [0.29, 0.717) is 4.80 Å². The monoisotopic (exact) mass is 515 g/mol. The number of hydrogen-bond acceptors (Lipinski definition) is 6. The summed E-state index contributed by atoms with van der Waals surface area (Å²) in [6.07, 6.45) is 4.94. The number of rotatable bonds is 6. The van der Waals surface area contributed by atoms with E-state index < -0.39 is 21.9 Å². The fraction of sp³-hybridized carbons (Fsp3) is 0.400. The van der Waals surface area contributed by atoms with E-state index in [2.05, 4.69) is 4.99 Å². The lowest BCUT2D eigenvalue weighted by Crippen LogP contribution is -2.38. The Kier molecular flexibility index (Phi) is 7.53. The van der Waals surface area contributed by atoms with Crippen LogP contribution in [-0.2, 0) is 26.1 Å². The van der Waals surface area contributed by atoms with Crippen LogP contribution in [0.3, 0.4) is 0 Å². The van der Waals surface area contributed by atoms with E-state index >= 15 is 0 Å². The maximum absolute atomic E-state index is 13.1. The third-order valence-electron chi connectivity index (χ3n) is 6.42. The average molecular weight is 516 g/mol. The Morgan fingerprint density at radius 3 is 2.46 bits per heavy atom. The Morgan fingerprint density at radius 1 is 1.11 bits per heavy atom. The van der Waals surface area contributed by atoms with Crippen molar-refractivity contribution in [2.24, 2.45) is 4.99 Å². The number of fused-ring (bicyclic) bond motifs is 1. The molecule has 1 heterocycles. The topological polar surface area (TPSA) is 98.0 Å². The molecule has 1 amide bonds. The van der Waals surface area contributed by atoms with Crippen LogP contribution >= 0.6 is 11.3 Å². The van der Waals surface area contributed by atoms with Crippen LogP contribution in [0.5, 0.6) is 0 Å². The summed E-state index contributed by atoms with van der Waals surface area (Å²) < 4.78 is 35.0. The lowest BCUT2D eigenvalue weighted by atomic mass is 9.96. The fourth-order valence-electron chi connectivity index (χ4n) is 4.34. The lowest BCUT2D eigenvalue weighted by Gasteiger charge is -2.30. The van der Waals surface area contributed by atoms with E-state index in [-0.39, 0.29) is 23.0 Å². The van der Waals surface area contributed by atoms with Crippen molar-refractivity contribution in [3.05, 3.63) is 58.4 Å². The highest BCUT2D eigenvalue weighted by Gasteiger charge is 2.29. The van der Waals surface area contributed by atoms with Crippen LogP contribution in [0.4, 0.5) is 0 Å². The first-order chi connectivity index (χ1) is 16.7. The second-order valence-electron chi connectivity index (χ2n) is 8.77. The minimum atomic E-state index is -3.65. The Bertz CT molecular complexity index is 1420. The number of amides is 1. The van der Waals surface area contributed by atoms with Gasteiger partial charge in [-0.05, 0) is 61.7 Å². The van der Waals surface area contributed by atoms with Gasteiger partial charge in [0.1, 0.15) is 6.54 Å². The van der Waals surface area contributed by atoms with E-state index in [9.17, 15) is 18.0 Å². The van der Waals surface area contributed by atoms with Crippen molar-refractivity contribution >= 4 is 43.5 Å². The van der Waals surface area contributed by atoms with E-state index in [1.54, 1.807) is 11.6 Å². The number of thiazole rings is 1. The molecule has 0 aliphatic heterocycles. The van der Waals surface area contributed by atoms with Gasteiger partial charge in [-0.1, -0.05) is 36.7 Å². The number of nitrogens with zero attached hydrogens (tertiary/aromatic N) is 3. The van der Waals surface area contributed by atoms with Crippen LogP contribution in [-0.4, -0.2) is 49.4 Å². The molecule has 8 nitrogen and oxygen atoms in total. The molecule has 0 saturated heterocycles. The molecule has 2 aromatic carbocycles. The second-order valence-corrected chi connectivity index (χ2v) is 11.8. The molecule has 4 rings (SSSR count). The highest BCUT2D eigenvalue weighted by Crippen LogP contribution is 2.26. The molecule has 1 aliphatic rings. The number of carbonyl (C=O) groups excluding carboxylic acids is 2. The Morgan fingerprint density at radius 2 is 1.80 bits per heavy atom. The quantitative estimate of drug-likeness (QED) is 0.464. The first kappa shape index (κ1) is 25.3. The number of sulfonamides is 1. The summed E-state index contributed by atoms with van der Waals surface area (Å²) in [6, 6.07) is 11.7. The van der Waals surface area contributed by atoms with E-state index in [0.717, 1.165) is 47.9 Å². The zero-order valence-corrected chi connectivity index (χ0v) is 21.7. The van der Waals surface area contributed by atoms with Gasteiger partial charge in [-0.3, -0.25) is 9.59 Å². The first-order valence-corrected chi connectivity index (χ1v) is 13.8. The fourth-order valence-corrected chi connectivity index (χ4v) is 6.88. The summed E-state index contributed by atoms with van der Waals surface area (Å²) in [5.41, 5.74) is 2.10. The molecule has 1 aromatic heterocycles. The number of hydrogen-bond donors (Lipinski definition) is 0. The van der Waals surface area contributed by atoms with Crippen molar-refractivity contribution < 1.29 is 22.7 Å². The summed E-state index contributed by atoms with van der Waals surface area (Å²) in [5, 5.41) is 0. The third-order valence-corrected chi connectivity index (χ3v) is 9.38. The summed E-state index contributed by atoms with van der Waals surface area (Å²) in [6.45, 7) is 1.89. The van der Waals surface area contributed by atoms with Gasteiger partial charge in [0.25, 0.3) is 5.91 Å². The Labute approximate surface area is 208 Å². The summed E-state index contributed by atoms with van der Waals surface area (Å²) in [5.74, 6) is -0.965. The smallest absolute Gasteiger partial charge is 0.325 e. The predicted octanol–water partition coefficient (Wildman–Crippen LogP) is 3.88. The summed E-state index contributed by atoms with van der Waals surface area (Å²) in [7, 11) is -0.708. The van der Waals surface area contributed by atoms with E-state index in [1.807, 2.05) is 25.1 Å². The van der Waals surface area contributed by atoms with Crippen LogP contribution in [0.15, 0.2) is 52.4 Å². The first-order valence-electron chi connectivity index (χ1n) is 11.5. The number of ether oxygens (including phenoxy) is 1. The van der Waals surface area contributed by atoms with Gasteiger partial charge in [-0.25, -0.2) is 8.42 Å². The van der Waals surface area contributed by atoms with Crippen LogP contribution in [0.25, 0.3) is 10.2 Å². The van der Waals surface area contributed by atoms with Crippen molar-refractivity contribution in [1.29, 1.82) is 0 Å². The number of benzene rings is 2. The second kappa shape index (κ2) is 10.4. The Balaban J connectivity index is 1.63. The van der Waals surface area contributed by atoms with Gasteiger partial charge >= 0.3 is 5.97 Å². The van der Waals surface area contributed by atoms with Crippen LogP contribution < -0.4 is 4.80 Å². The number of aromatic nitrogens is 1. The molecule has 10 heteroatoms. The maximum Gasteiger partial charge on any atom is 0.325 e. The maximum atomic E-state index is 13.1. The van der Waals surface area contributed by atoms with Crippen LogP contribution in [0, 0.1) is 6.92 Å². The lowest BCUT2D eigenvalue weighted by molar-refractivity contribution is -0.141. The molecular formula is C25H29N3O5S2. The number of carbonyl (C=O) groups is 2. The minimum Gasteiger partial charge on any atom is -0.468 e. The van der Waals surface area contributed by atoms with Crippen molar-refractivity contribution in [2.45, 2.75) is 56.5 Å². The molecule has 0 bridgehead atoms. The minimum absolute atomic E-state index is 0.00640. The van der Waals surface area contributed by atoms with Crippen molar-refractivity contribution in [3.63, 3.8) is 0 Å². The van der Waals surface area contributed by atoms with Gasteiger partial charge in [0.15, 0.2) is 4.80 Å². The molecule has 1 saturated carbocycles. The van der Waals surface area contributed by atoms with Gasteiger partial charge in [0, 0.05) is 18.7 Å². The van der Waals surface area contributed by atoms with Gasteiger partial charge in [-0.15, -0.1) is 0 Å². The molecule has 186 valence electrons. The molecule has 35 heavy (non-hydrogen) atoms. The van der Waals surface area contributed by atoms with Gasteiger partial charge in [0.2, 0.25) is 10.0 Å². The number of methoxy groups -OCH3 is 1. The van der Waals surface area contributed by atoms with Crippen molar-refractivity contribution in [3.8, 4) is 0 Å². The van der Waals surface area contributed by atoms with Crippen LogP contribution in [0.1, 0.15) is 48.0 Å². The highest BCUT2D eigenvalue weighted by atomic mass is 32.2. The zero-order chi connectivity index (χ0) is 25.2. The van der Waals surface area contributed by atoms with Gasteiger partial charge < -0.3 is 9.30 Å². The summed E-state index contributed by atoms with van der Waals surface area (Å²) in [4.78, 5) is 29.7. The molecule has 1 aliphatic carbocycles. The van der Waals surface area contributed by atoms with E-state index in [4.69, 9.17) is 4.74 Å². The van der Waals surface area contributed by atoms with Crippen molar-refractivity contribution in [1.82, 2.24) is 8.87 Å². The molecular weight excluding hydrogens is 486 g/mol. The zero-order valence-electron chi connectivity index (χ0n) is 20.1. The van der Waals surface area contributed by atoms with Gasteiger partial charge in [-0.2, -0.15) is 9.30 Å². The predicted molar refractivity (Wildman–Crippen MR) is 135 cm³/mol. The third kappa shape index (κ3) is 5.39. The molecule has 0 N–H and O–H groups in total. The SMILES string of the molecule is COC(=O)Cn1c(=NC(=O)c2ccc(S(=O)(=O)N(C)C3CCCCC3)cc2)sc2cc(C)ccc21. The van der Waals surface area contributed by atoms with E-state index in [1.165, 1.54) is 47.0 Å². The normalized spacial score (nSPS) is 15.6. The molecule has 0 spiro atoms. The highest BCUT2D eigenvalue weighted by molar-refractivity contribution is 7.89. The molecule has 0 unspecified atom stereocenters. The molecule has 0 atom stereocenters. The summed E-state index contributed by atoms with van der Waals surface area (Å²) >= 11 is 1.31. The number of aryl methyl sites for hydroxylation is 1. The standard InChI is InChI=1S/C25H29N3O5S2/c1-17-9-14-21-22(15-17)34-25(28(21)16-23(29)33-3)26-24(30)18-10-12-20(13-11-18)35(31,32)27(2)19-7-5-4-6-8-19/h9-15,19H,4-8,16H2,1-3H3. The molecule has 0 radical (unpaired) electrons. The van der Waals surface area contributed by atoms with Crippen LogP contribution in [0.2, 0.25) is 0 Å². The van der Waals surface area contributed by atoms with Crippen molar-refractivity contribution in [2.75, 3.05) is 14.2 Å². The largest absolute Gasteiger partial charge is 0.468 e. The Hall–Kier alpha value is -2.82.